The summed E-state index contributed by atoms with van der Waals surface area (Å²) < 4.78 is 4.63. The molecule has 0 radical (unpaired) electrons. The van der Waals surface area contributed by atoms with E-state index in [1.807, 2.05) is 6.92 Å². The normalized spacial score (nSPS) is 11.9. The van der Waals surface area contributed by atoms with E-state index in [1.54, 1.807) is 11.4 Å². The summed E-state index contributed by atoms with van der Waals surface area (Å²) in [6.45, 7) is 1.91. The largest absolute Gasteiger partial charge is 0.465 e. The molecule has 0 fully saturated rings. The molecule has 3 N–H and O–H groups in total. The number of carbonyl (C=O) groups is 2. The van der Waals surface area contributed by atoms with Gasteiger partial charge in [0.25, 0.3) is 0 Å². The Morgan fingerprint density at radius 3 is 2.89 bits per heavy atom. The van der Waals surface area contributed by atoms with Gasteiger partial charge in [-0.3, -0.25) is 4.79 Å². The predicted molar refractivity (Wildman–Crippen MR) is 71.8 cm³/mol. The maximum atomic E-state index is 11.7. The first kappa shape index (κ1) is 14.7. The van der Waals surface area contributed by atoms with Crippen molar-refractivity contribution < 1.29 is 14.3 Å². The van der Waals surface area contributed by atoms with Crippen LogP contribution in [0.1, 0.15) is 35.9 Å². The summed E-state index contributed by atoms with van der Waals surface area (Å²) in [6, 6.07) is 1.80. The molecule has 1 aromatic rings. The molecule has 0 saturated heterocycles. The van der Waals surface area contributed by atoms with Crippen molar-refractivity contribution in [1.29, 1.82) is 0 Å². The van der Waals surface area contributed by atoms with Gasteiger partial charge in [-0.2, -0.15) is 0 Å². The van der Waals surface area contributed by atoms with Gasteiger partial charge in [-0.25, -0.2) is 4.79 Å². The fraction of sp³-hybridized carbons (Fsp3) is 0.500. The van der Waals surface area contributed by atoms with Crippen molar-refractivity contribution in [3.8, 4) is 0 Å². The van der Waals surface area contributed by atoms with Gasteiger partial charge in [-0.1, -0.05) is 0 Å². The summed E-state index contributed by atoms with van der Waals surface area (Å²) in [5.41, 5.74) is 6.12. The van der Waals surface area contributed by atoms with E-state index in [0.29, 0.717) is 17.0 Å². The number of hydrogen-bond donors (Lipinski definition) is 2. The molecular weight excluding hydrogens is 252 g/mol. The maximum Gasteiger partial charge on any atom is 0.350 e. The smallest absolute Gasteiger partial charge is 0.350 e. The Morgan fingerprint density at radius 1 is 1.56 bits per heavy atom. The second kappa shape index (κ2) is 7.13. The quantitative estimate of drug-likeness (QED) is 0.775. The van der Waals surface area contributed by atoms with Crippen molar-refractivity contribution in [3.05, 3.63) is 16.3 Å². The van der Waals surface area contributed by atoms with Crippen LogP contribution in [0.2, 0.25) is 0 Å². The Bertz CT molecular complexity index is 415. The number of methoxy groups -OCH3 is 1. The van der Waals surface area contributed by atoms with Crippen molar-refractivity contribution >= 4 is 28.9 Å². The Labute approximate surface area is 110 Å². The van der Waals surface area contributed by atoms with E-state index in [0.717, 1.165) is 12.8 Å². The zero-order valence-corrected chi connectivity index (χ0v) is 11.4. The molecule has 0 aliphatic carbocycles. The first-order valence-electron chi connectivity index (χ1n) is 5.75. The van der Waals surface area contributed by atoms with E-state index >= 15 is 0 Å². The average molecular weight is 270 g/mol. The molecule has 5 nitrogen and oxygen atoms in total. The second-order valence-corrected chi connectivity index (χ2v) is 4.99. The maximum absolute atomic E-state index is 11.7. The monoisotopic (exact) mass is 270 g/mol. The molecule has 0 spiro atoms. The molecule has 0 bridgehead atoms. The van der Waals surface area contributed by atoms with Crippen LogP contribution in [0.4, 0.5) is 5.69 Å². The van der Waals surface area contributed by atoms with Gasteiger partial charge in [0.05, 0.1) is 12.8 Å². The number of thiophene rings is 1. The van der Waals surface area contributed by atoms with Gasteiger partial charge >= 0.3 is 5.97 Å². The molecule has 6 heteroatoms. The predicted octanol–water partition coefficient (Wildman–Crippen LogP) is 1.99. The van der Waals surface area contributed by atoms with Crippen LogP contribution in [0.15, 0.2) is 11.4 Å². The topological polar surface area (TPSA) is 81.4 Å². The van der Waals surface area contributed by atoms with E-state index < -0.39 is 5.97 Å². The van der Waals surface area contributed by atoms with Gasteiger partial charge in [0.1, 0.15) is 4.88 Å². The summed E-state index contributed by atoms with van der Waals surface area (Å²) in [6.07, 6.45) is 1.94. The number of rotatable bonds is 6. The van der Waals surface area contributed by atoms with Crippen molar-refractivity contribution in [3.63, 3.8) is 0 Å². The van der Waals surface area contributed by atoms with Gasteiger partial charge in [-0.15, -0.1) is 11.3 Å². The second-order valence-electron chi connectivity index (χ2n) is 4.07. The number of anilines is 1. The zero-order chi connectivity index (χ0) is 13.5. The summed E-state index contributed by atoms with van der Waals surface area (Å²) in [5, 5.41) is 4.45. The molecule has 18 heavy (non-hydrogen) atoms. The lowest BCUT2D eigenvalue weighted by molar-refractivity contribution is -0.116. The van der Waals surface area contributed by atoms with Gasteiger partial charge in [0, 0.05) is 12.5 Å². The molecule has 1 amide bonds. The molecule has 100 valence electrons. The Hall–Kier alpha value is -1.40. The van der Waals surface area contributed by atoms with Gasteiger partial charge < -0.3 is 15.8 Å². The first-order valence-corrected chi connectivity index (χ1v) is 6.63. The number of nitrogens with two attached hydrogens (primary N) is 1. The van der Waals surface area contributed by atoms with E-state index in [-0.39, 0.29) is 11.9 Å². The third-order valence-corrected chi connectivity index (χ3v) is 3.27. The summed E-state index contributed by atoms with van der Waals surface area (Å²) in [4.78, 5) is 23.5. The number of nitrogens with one attached hydrogen (secondary N) is 1. The van der Waals surface area contributed by atoms with Crippen LogP contribution in [0.3, 0.4) is 0 Å². The highest BCUT2D eigenvalue weighted by molar-refractivity contribution is 7.12. The highest BCUT2D eigenvalue weighted by Crippen LogP contribution is 2.23. The molecule has 1 rings (SSSR count). The zero-order valence-electron chi connectivity index (χ0n) is 10.6. The molecule has 1 heterocycles. The van der Waals surface area contributed by atoms with Gasteiger partial charge in [0.2, 0.25) is 5.91 Å². The number of esters is 1. The Kier molecular flexibility index (Phi) is 5.80. The highest BCUT2D eigenvalue weighted by Gasteiger charge is 2.15. The third-order valence-electron chi connectivity index (χ3n) is 2.37. The van der Waals surface area contributed by atoms with E-state index in [9.17, 15) is 9.59 Å². The standard InChI is InChI=1S/C12H18N2O3S/c1-8(13)4-3-5-10(15)14-9-6-7-18-11(9)12(16)17-2/h6-8H,3-5,13H2,1-2H3,(H,14,15). The van der Waals surface area contributed by atoms with Crippen molar-refractivity contribution in [2.24, 2.45) is 5.73 Å². The number of ether oxygens (including phenoxy) is 1. The molecular formula is C12H18N2O3S. The summed E-state index contributed by atoms with van der Waals surface area (Å²) in [7, 11) is 1.32. The number of amides is 1. The molecule has 0 aliphatic rings. The SMILES string of the molecule is COC(=O)c1sccc1NC(=O)CCCC(C)N. The van der Waals surface area contributed by atoms with Crippen LogP contribution in [0.5, 0.6) is 0 Å². The minimum absolute atomic E-state index is 0.101. The number of hydrogen-bond acceptors (Lipinski definition) is 5. The first-order chi connectivity index (χ1) is 8.54. The fourth-order valence-corrected chi connectivity index (χ4v) is 2.22. The van der Waals surface area contributed by atoms with Crippen molar-refractivity contribution in [2.75, 3.05) is 12.4 Å². The average Bonchev–Trinajstić information content (AvgIpc) is 2.75. The third kappa shape index (κ3) is 4.46. The fourth-order valence-electron chi connectivity index (χ4n) is 1.46. The van der Waals surface area contributed by atoms with Crippen LogP contribution in [0.25, 0.3) is 0 Å². The highest BCUT2D eigenvalue weighted by atomic mass is 32.1. The van der Waals surface area contributed by atoms with E-state index in [2.05, 4.69) is 10.1 Å². The Morgan fingerprint density at radius 2 is 2.28 bits per heavy atom. The molecule has 0 aliphatic heterocycles. The lowest BCUT2D eigenvalue weighted by Gasteiger charge is -2.06. The Balaban J connectivity index is 2.49. The van der Waals surface area contributed by atoms with Crippen LogP contribution >= 0.6 is 11.3 Å². The van der Waals surface area contributed by atoms with Gasteiger partial charge in [0.15, 0.2) is 0 Å². The molecule has 1 atom stereocenters. The van der Waals surface area contributed by atoms with Crippen molar-refractivity contribution in [2.45, 2.75) is 32.2 Å². The molecule has 1 aromatic heterocycles. The lowest BCUT2D eigenvalue weighted by Crippen LogP contribution is -2.17. The van der Waals surface area contributed by atoms with Crippen LogP contribution in [-0.4, -0.2) is 25.0 Å². The molecule has 1 unspecified atom stereocenters. The lowest BCUT2D eigenvalue weighted by atomic mass is 10.1. The molecule has 0 saturated carbocycles. The van der Waals surface area contributed by atoms with Crippen LogP contribution in [0, 0.1) is 0 Å². The van der Waals surface area contributed by atoms with E-state index in [1.165, 1.54) is 18.4 Å². The van der Waals surface area contributed by atoms with Gasteiger partial charge in [-0.05, 0) is 31.2 Å². The van der Waals surface area contributed by atoms with Crippen LogP contribution in [-0.2, 0) is 9.53 Å². The van der Waals surface area contributed by atoms with Crippen molar-refractivity contribution in [1.82, 2.24) is 0 Å². The number of carbonyl (C=O) groups excluding carboxylic acids is 2. The summed E-state index contributed by atoms with van der Waals surface area (Å²) in [5.74, 6) is -0.546. The summed E-state index contributed by atoms with van der Waals surface area (Å²) >= 11 is 1.24. The minimum Gasteiger partial charge on any atom is -0.465 e. The van der Waals surface area contributed by atoms with Crippen LogP contribution < -0.4 is 11.1 Å². The van der Waals surface area contributed by atoms with E-state index in [4.69, 9.17) is 5.73 Å². The molecule has 0 aromatic carbocycles. The minimum atomic E-state index is -0.434.